The number of hydrogen-bond donors (Lipinski definition) is 1. The molecule has 0 heterocycles. The molecule has 0 atom stereocenters. The number of phenolic OH excluding ortho intramolecular Hbond substituents is 1. The molecule has 138 valence electrons. The Morgan fingerprint density at radius 3 is 2.19 bits per heavy atom. The first-order valence-corrected chi connectivity index (χ1v) is 8.86. The summed E-state index contributed by atoms with van der Waals surface area (Å²) < 4.78 is 0. The van der Waals surface area contributed by atoms with Gasteiger partial charge in [0.05, 0.1) is 5.70 Å². The summed E-state index contributed by atoms with van der Waals surface area (Å²) in [4.78, 5) is 16.9. The van der Waals surface area contributed by atoms with E-state index in [4.69, 9.17) is 0 Å². The number of aryl methyl sites for hydroxylation is 1. The Hall–Kier alpha value is -2.42. The van der Waals surface area contributed by atoms with Gasteiger partial charge in [-0.2, -0.15) is 0 Å². The van der Waals surface area contributed by atoms with Crippen LogP contribution in [0.1, 0.15) is 58.2 Å². The van der Waals surface area contributed by atoms with Gasteiger partial charge in [-0.25, -0.2) is 0 Å². The molecular formula is C23H29NO2. The van der Waals surface area contributed by atoms with Crippen LogP contribution in [0.4, 0.5) is 0 Å². The summed E-state index contributed by atoms with van der Waals surface area (Å²) in [6.07, 6.45) is 5.32. The first-order chi connectivity index (χ1) is 11.8. The standard InChI is InChI=1S/C23H29NO2/c1-14-9-16(11-18(20(14)25)22(3,4)5)13-24-17-10-15(2)21(26)19(12-17)23(6,7)8/h9-13,25H,2H2,1,3-8H3. The molecule has 1 N–H and O–H groups in total. The maximum absolute atomic E-state index is 12.3. The van der Waals surface area contributed by atoms with Crippen LogP contribution in [-0.2, 0) is 10.2 Å². The fourth-order valence-corrected chi connectivity index (χ4v) is 2.91. The Labute approximate surface area is 156 Å². The Morgan fingerprint density at radius 1 is 1.04 bits per heavy atom. The van der Waals surface area contributed by atoms with Crippen LogP contribution >= 0.6 is 0 Å². The number of phenols is 1. The molecular weight excluding hydrogens is 322 g/mol. The van der Waals surface area contributed by atoms with Gasteiger partial charge in [0, 0.05) is 22.9 Å². The molecule has 1 aromatic rings. The lowest BCUT2D eigenvalue weighted by Crippen LogP contribution is -2.21. The molecule has 0 amide bonds. The quantitative estimate of drug-likeness (QED) is 0.572. The minimum atomic E-state index is -0.260. The number of benzene rings is 1. The maximum Gasteiger partial charge on any atom is 0.189 e. The Kier molecular flexibility index (Phi) is 5.14. The highest BCUT2D eigenvalue weighted by Gasteiger charge is 2.27. The summed E-state index contributed by atoms with van der Waals surface area (Å²) in [5.74, 6) is 0.312. The zero-order chi connectivity index (χ0) is 19.9. The van der Waals surface area contributed by atoms with Crippen LogP contribution in [0.15, 0.2) is 52.7 Å². The molecule has 0 fully saturated rings. The monoisotopic (exact) mass is 351 g/mol. The number of carbonyl (C=O) groups is 1. The van der Waals surface area contributed by atoms with E-state index >= 15 is 0 Å². The van der Waals surface area contributed by atoms with Crippen LogP contribution in [0.3, 0.4) is 0 Å². The molecule has 0 spiro atoms. The number of allylic oxidation sites excluding steroid dienone is 4. The Balaban J connectivity index is 2.43. The molecule has 26 heavy (non-hydrogen) atoms. The van der Waals surface area contributed by atoms with Crippen molar-refractivity contribution in [3.05, 3.63) is 64.4 Å². The predicted octanol–water partition coefficient (Wildman–Crippen LogP) is 5.41. The molecule has 1 aliphatic carbocycles. The maximum atomic E-state index is 12.3. The van der Waals surface area contributed by atoms with Crippen molar-refractivity contribution < 1.29 is 9.90 Å². The van der Waals surface area contributed by atoms with Gasteiger partial charge >= 0.3 is 0 Å². The van der Waals surface area contributed by atoms with Gasteiger partial charge in [0.25, 0.3) is 0 Å². The number of aliphatic imine (C=N–C) groups is 1. The van der Waals surface area contributed by atoms with E-state index in [1.165, 1.54) is 0 Å². The third kappa shape index (κ3) is 4.21. The molecule has 0 radical (unpaired) electrons. The third-order valence-corrected chi connectivity index (χ3v) is 4.45. The molecule has 3 nitrogen and oxygen atoms in total. The highest BCUT2D eigenvalue weighted by atomic mass is 16.3. The van der Waals surface area contributed by atoms with Crippen molar-refractivity contribution in [1.29, 1.82) is 0 Å². The van der Waals surface area contributed by atoms with Crippen molar-refractivity contribution in [3.63, 3.8) is 0 Å². The number of rotatable bonds is 2. The second-order valence-corrected chi connectivity index (χ2v) is 8.97. The van der Waals surface area contributed by atoms with Crippen molar-refractivity contribution in [1.82, 2.24) is 0 Å². The first kappa shape index (κ1) is 19.9. The molecule has 1 aliphatic rings. The fraction of sp³-hybridized carbons (Fsp3) is 0.391. The number of carbonyl (C=O) groups excluding carboxylic acids is 1. The van der Waals surface area contributed by atoms with E-state index in [1.54, 1.807) is 12.3 Å². The average molecular weight is 351 g/mol. The summed E-state index contributed by atoms with van der Waals surface area (Å²) in [5.41, 5.74) is 4.09. The molecule has 1 aromatic carbocycles. The molecule has 0 bridgehead atoms. The van der Waals surface area contributed by atoms with Crippen LogP contribution in [-0.4, -0.2) is 17.1 Å². The minimum absolute atomic E-state index is 0.0213. The zero-order valence-corrected chi connectivity index (χ0v) is 16.9. The van der Waals surface area contributed by atoms with Crippen LogP contribution in [0.2, 0.25) is 0 Å². The lowest BCUT2D eigenvalue weighted by Gasteiger charge is -2.24. The van der Waals surface area contributed by atoms with E-state index < -0.39 is 0 Å². The second kappa shape index (κ2) is 6.71. The first-order valence-electron chi connectivity index (χ1n) is 8.86. The van der Waals surface area contributed by atoms with E-state index in [-0.39, 0.29) is 16.6 Å². The van der Waals surface area contributed by atoms with Gasteiger partial charge in [0.1, 0.15) is 5.75 Å². The van der Waals surface area contributed by atoms with Crippen molar-refractivity contribution in [3.8, 4) is 5.75 Å². The highest BCUT2D eigenvalue weighted by molar-refractivity contribution is 6.12. The van der Waals surface area contributed by atoms with E-state index in [2.05, 4.69) is 32.3 Å². The lowest BCUT2D eigenvalue weighted by molar-refractivity contribution is -0.112. The van der Waals surface area contributed by atoms with Crippen LogP contribution in [0.25, 0.3) is 0 Å². The van der Waals surface area contributed by atoms with E-state index in [0.717, 1.165) is 22.3 Å². The second-order valence-electron chi connectivity index (χ2n) is 8.97. The van der Waals surface area contributed by atoms with Crippen LogP contribution < -0.4 is 0 Å². The topological polar surface area (TPSA) is 49.7 Å². The summed E-state index contributed by atoms with van der Waals surface area (Å²) in [7, 11) is 0. The smallest absolute Gasteiger partial charge is 0.189 e. The Morgan fingerprint density at radius 2 is 1.65 bits per heavy atom. The summed E-state index contributed by atoms with van der Waals surface area (Å²) in [6, 6.07) is 3.87. The zero-order valence-electron chi connectivity index (χ0n) is 16.9. The van der Waals surface area contributed by atoms with Crippen molar-refractivity contribution in [2.75, 3.05) is 0 Å². The van der Waals surface area contributed by atoms with Crippen LogP contribution in [0, 0.1) is 12.3 Å². The van der Waals surface area contributed by atoms with Gasteiger partial charge in [-0.05, 0) is 53.2 Å². The lowest BCUT2D eigenvalue weighted by atomic mass is 9.79. The molecule has 2 rings (SSSR count). The molecule has 0 saturated carbocycles. The largest absolute Gasteiger partial charge is 0.507 e. The fourth-order valence-electron chi connectivity index (χ4n) is 2.91. The van der Waals surface area contributed by atoms with E-state index in [0.29, 0.717) is 17.0 Å². The minimum Gasteiger partial charge on any atom is -0.507 e. The van der Waals surface area contributed by atoms with Gasteiger partial charge in [-0.15, -0.1) is 0 Å². The van der Waals surface area contributed by atoms with Crippen LogP contribution in [0.5, 0.6) is 5.75 Å². The molecule has 0 aliphatic heterocycles. The highest BCUT2D eigenvalue weighted by Crippen LogP contribution is 2.34. The third-order valence-electron chi connectivity index (χ3n) is 4.45. The van der Waals surface area contributed by atoms with Gasteiger partial charge in [0.2, 0.25) is 0 Å². The summed E-state index contributed by atoms with van der Waals surface area (Å²) in [5, 5.41) is 10.3. The van der Waals surface area contributed by atoms with Gasteiger partial charge < -0.3 is 5.11 Å². The number of Topliss-reactive ketones (excluding diaryl/α,β-unsaturated/α-hetero) is 1. The summed E-state index contributed by atoms with van der Waals surface area (Å²) >= 11 is 0. The van der Waals surface area contributed by atoms with Crippen molar-refractivity contribution in [2.45, 2.75) is 53.9 Å². The molecule has 0 unspecified atom stereocenters. The van der Waals surface area contributed by atoms with E-state index in [9.17, 15) is 9.90 Å². The number of aromatic hydroxyl groups is 1. The normalized spacial score (nSPS) is 16.1. The SMILES string of the molecule is C=C1C=C(N=Cc2cc(C)c(O)c(C(C)(C)C)c2)C=C(C(C)(C)C)C1=O. The number of nitrogens with zero attached hydrogens (tertiary/aromatic N) is 1. The van der Waals surface area contributed by atoms with Gasteiger partial charge in [-0.1, -0.05) is 48.1 Å². The number of hydrogen-bond acceptors (Lipinski definition) is 3. The predicted molar refractivity (Wildman–Crippen MR) is 109 cm³/mol. The Bertz CT molecular complexity index is 853. The van der Waals surface area contributed by atoms with Crippen molar-refractivity contribution in [2.24, 2.45) is 10.4 Å². The summed E-state index contributed by atoms with van der Waals surface area (Å²) in [6.45, 7) is 18.0. The van der Waals surface area contributed by atoms with Gasteiger partial charge in [-0.3, -0.25) is 9.79 Å². The van der Waals surface area contributed by atoms with Gasteiger partial charge in [0.15, 0.2) is 5.78 Å². The molecule has 0 aromatic heterocycles. The van der Waals surface area contributed by atoms with E-state index in [1.807, 2.05) is 45.9 Å². The molecule has 3 heteroatoms. The van der Waals surface area contributed by atoms with Crippen molar-refractivity contribution >= 4 is 12.0 Å². The number of ketones is 1. The average Bonchev–Trinajstić information content (AvgIpc) is 2.49. The molecule has 0 saturated heterocycles.